The van der Waals surface area contributed by atoms with Gasteiger partial charge in [0.2, 0.25) is 11.7 Å². The third kappa shape index (κ3) is 3.61. The zero-order valence-electron chi connectivity index (χ0n) is 10.6. The summed E-state index contributed by atoms with van der Waals surface area (Å²) in [4.78, 5) is 4.27. The molecule has 2 aromatic rings. The third-order valence-corrected chi connectivity index (χ3v) is 3.58. The summed E-state index contributed by atoms with van der Waals surface area (Å²) in [5.41, 5.74) is 6.14. The lowest BCUT2D eigenvalue weighted by Gasteiger charge is -2.04. The number of hydrogen-bond donors (Lipinski definition) is 1. The van der Waals surface area contributed by atoms with Crippen LogP contribution in [0.15, 0.2) is 27.2 Å². The fourth-order valence-electron chi connectivity index (χ4n) is 1.62. The summed E-state index contributed by atoms with van der Waals surface area (Å²) in [7, 11) is 0. The van der Waals surface area contributed by atoms with Crippen LogP contribution in [0.2, 0.25) is 0 Å². The van der Waals surface area contributed by atoms with E-state index in [0.717, 1.165) is 10.9 Å². The first-order chi connectivity index (χ1) is 9.10. The van der Waals surface area contributed by atoms with Crippen LogP contribution in [0.5, 0.6) is 0 Å². The fraction of sp³-hybridized carbons (Fsp3) is 0.385. The first-order valence-electron chi connectivity index (χ1n) is 6.08. The average Bonchev–Trinajstić information content (AvgIpc) is 2.87. The number of rotatable bonds is 5. The molecule has 0 spiro atoms. The van der Waals surface area contributed by atoms with Crippen molar-refractivity contribution in [3.8, 4) is 11.4 Å². The van der Waals surface area contributed by atoms with Gasteiger partial charge in [0.05, 0.1) is 0 Å². The lowest BCUT2D eigenvalue weighted by Crippen LogP contribution is -2.11. The summed E-state index contributed by atoms with van der Waals surface area (Å²) in [5, 5.41) is 3.88. The molecule has 0 saturated carbocycles. The Morgan fingerprint density at radius 3 is 3.00 bits per heavy atom. The molecule has 0 aliphatic carbocycles. The molecule has 19 heavy (non-hydrogen) atoms. The Hall–Kier alpha value is -1.27. The minimum atomic E-state index is -0.332. The Labute approximate surface area is 119 Å². The zero-order chi connectivity index (χ0) is 13.8. The van der Waals surface area contributed by atoms with Gasteiger partial charge in [-0.25, -0.2) is 4.39 Å². The van der Waals surface area contributed by atoms with Crippen molar-refractivity contribution >= 4 is 15.9 Å². The van der Waals surface area contributed by atoms with Crippen LogP contribution in [0.1, 0.15) is 19.2 Å². The van der Waals surface area contributed by atoms with Crippen LogP contribution < -0.4 is 5.73 Å². The van der Waals surface area contributed by atoms with Gasteiger partial charge in [0, 0.05) is 16.5 Å². The highest BCUT2D eigenvalue weighted by Crippen LogP contribution is 2.27. The molecular weight excluding hydrogens is 313 g/mol. The molecule has 1 aromatic carbocycles. The van der Waals surface area contributed by atoms with Crippen molar-refractivity contribution in [2.75, 3.05) is 6.54 Å². The first-order valence-corrected chi connectivity index (χ1v) is 6.87. The van der Waals surface area contributed by atoms with Gasteiger partial charge < -0.3 is 10.3 Å². The maximum absolute atomic E-state index is 13.2. The van der Waals surface area contributed by atoms with Gasteiger partial charge in [0.25, 0.3) is 0 Å². The van der Waals surface area contributed by atoms with Crippen LogP contribution in [0.25, 0.3) is 11.4 Å². The van der Waals surface area contributed by atoms with Gasteiger partial charge in [-0.1, -0.05) is 28.0 Å². The van der Waals surface area contributed by atoms with Gasteiger partial charge in [0.15, 0.2) is 0 Å². The zero-order valence-corrected chi connectivity index (χ0v) is 12.2. The standard InChI is InChI=1S/C13H15BrFN3O/c1-8(7-16)2-5-12-17-13(18-19-12)10-6-9(15)3-4-11(10)14/h3-4,6,8H,2,5,7,16H2,1H3. The van der Waals surface area contributed by atoms with Crippen molar-refractivity contribution in [2.24, 2.45) is 11.7 Å². The molecule has 2 N–H and O–H groups in total. The van der Waals surface area contributed by atoms with Crippen LogP contribution in [-0.4, -0.2) is 16.7 Å². The molecule has 102 valence electrons. The lowest BCUT2D eigenvalue weighted by molar-refractivity contribution is 0.366. The van der Waals surface area contributed by atoms with E-state index in [2.05, 4.69) is 33.0 Å². The van der Waals surface area contributed by atoms with E-state index in [1.807, 2.05) is 0 Å². The number of aromatic nitrogens is 2. The summed E-state index contributed by atoms with van der Waals surface area (Å²) in [6, 6.07) is 4.37. The molecule has 1 atom stereocenters. The predicted octanol–water partition coefficient (Wildman–Crippen LogP) is 3.17. The van der Waals surface area contributed by atoms with Crippen LogP contribution in [0.4, 0.5) is 4.39 Å². The Kier molecular flexibility index (Phi) is 4.66. The van der Waals surface area contributed by atoms with E-state index in [1.165, 1.54) is 12.1 Å². The third-order valence-electron chi connectivity index (χ3n) is 2.89. The molecule has 1 heterocycles. The highest BCUT2D eigenvalue weighted by Gasteiger charge is 2.13. The van der Waals surface area contributed by atoms with Crippen LogP contribution in [-0.2, 0) is 6.42 Å². The molecule has 0 radical (unpaired) electrons. The van der Waals surface area contributed by atoms with Gasteiger partial charge in [-0.2, -0.15) is 4.98 Å². The molecule has 0 aliphatic rings. The number of nitrogens with zero attached hydrogens (tertiary/aromatic N) is 2. The monoisotopic (exact) mass is 327 g/mol. The van der Waals surface area contributed by atoms with Gasteiger partial charge >= 0.3 is 0 Å². The van der Waals surface area contributed by atoms with Crippen molar-refractivity contribution in [3.63, 3.8) is 0 Å². The van der Waals surface area contributed by atoms with Gasteiger partial charge in [-0.15, -0.1) is 0 Å². The Morgan fingerprint density at radius 2 is 2.26 bits per heavy atom. The SMILES string of the molecule is CC(CN)CCc1nc(-c2cc(F)ccc2Br)no1. The van der Waals surface area contributed by atoms with E-state index < -0.39 is 0 Å². The molecule has 1 aromatic heterocycles. The van der Waals surface area contributed by atoms with Crippen LogP contribution in [0, 0.1) is 11.7 Å². The van der Waals surface area contributed by atoms with E-state index in [9.17, 15) is 4.39 Å². The molecule has 6 heteroatoms. The minimum Gasteiger partial charge on any atom is -0.339 e. The smallest absolute Gasteiger partial charge is 0.226 e. The lowest BCUT2D eigenvalue weighted by atomic mass is 10.1. The first kappa shape index (κ1) is 14.1. The topological polar surface area (TPSA) is 64.9 Å². The Balaban J connectivity index is 2.14. The minimum absolute atomic E-state index is 0.332. The highest BCUT2D eigenvalue weighted by atomic mass is 79.9. The van der Waals surface area contributed by atoms with Crippen molar-refractivity contribution in [1.29, 1.82) is 0 Å². The molecule has 1 unspecified atom stereocenters. The number of benzene rings is 1. The van der Waals surface area contributed by atoms with Crippen molar-refractivity contribution in [3.05, 3.63) is 34.4 Å². The van der Waals surface area contributed by atoms with E-state index >= 15 is 0 Å². The summed E-state index contributed by atoms with van der Waals surface area (Å²) in [5.74, 6) is 1.02. The quantitative estimate of drug-likeness (QED) is 0.916. The second-order valence-electron chi connectivity index (χ2n) is 4.52. The maximum Gasteiger partial charge on any atom is 0.226 e. The molecule has 0 aliphatic heterocycles. The average molecular weight is 328 g/mol. The molecule has 0 amide bonds. The number of aryl methyl sites for hydroxylation is 1. The summed E-state index contributed by atoms with van der Waals surface area (Å²) < 4.78 is 19.1. The second kappa shape index (κ2) is 6.25. The Morgan fingerprint density at radius 1 is 1.47 bits per heavy atom. The van der Waals surface area contributed by atoms with E-state index in [1.54, 1.807) is 6.07 Å². The van der Waals surface area contributed by atoms with E-state index in [0.29, 0.717) is 36.2 Å². The molecule has 0 fully saturated rings. The predicted molar refractivity (Wildman–Crippen MR) is 73.9 cm³/mol. The second-order valence-corrected chi connectivity index (χ2v) is 5.37. The fourth-order valence-corrected chi connectivity index (χ4v) is 2.05. The number of nitrogens with two attached hydrogens (primary N) is 1. The van der Waals surface area contributed by atoms with Crippen molar-refractivity contribution in [2.45, 2.75) is 19.8 Å². The molecule has 2 rings (SSSR count). The van der Waals surface area contributed by atoms with E-state index in [4.69, 9.17) is 10.3 Å². The largest absolute Gasteiger partial charge is 0.339 e. The van der Waals surface area contributed by atoms with Gasteiger partial charge in [-0.3, -0.25) is 0 Å². The van der Waals surface area contributed by atoms with Crippen molar-refractivity contribution in [1.82, 2.24) is 10.1 Å². The summed E-state index contributed by atoms with van der Waals surface area (Å²) in [6.07, 6.45) is 1.57. The van der Waals surface area contributed by atoms with Crippen molar-refractivity contribution < 1.29 is 8.91 Å². The molecule has 4 nitrogen and oxygen atoms in total. The van der Waals surface area contributed by atoms with Gasteiger partial charge in [-0.05, 0) is 37.1 Å². The number of halogens is 2. The maximum atomic E-state index is 13.2. The summed E-state index contributed by atoms with van der Waals surface area (Å²) in [6.45, 7) is 2.71. The van der Waals surface area contributed by atoms with Crippen LogP contribution >= 0.6 is 15.9 Å². The Bertz CT molecular complexity index is 559. The van der Waals surface area contributed by atoms with Crippen LogP contribution in [0.3, 0.4) is 0 Å². The number of hydrogen-bond acceptors (Lipinski definition) is 4. The van der Waals surface area contributed by atoms with Gasteiger partial charge in [0.1, 0.15) is 5.82 Å². The summed E-state index contributed by atoms with van der Waals surface area (Å²) >= 11 is 3.34. The van der Waals surface area contributed by atoms with E-state index in [-0.39, 0.29) is 5.82 Å². The normalized spacial score (nSPS) is 12.6. The highest BCUT2D eigenvalue weighted by molar-refractivity contribution is 9.10. The molecular formula is C13H15BrFN3O. The molecule has 0 bridgehead atoms. The molecule has 0 saturated heterocycles.